The summed E-state index contributed by atoms with van der Waals surface area (Å²) < 4.78 is 9.55. The van der Waals surface area contributed by atoms with E-state index in [4.69, 9.17) is 10.1 Å². The van der Waals surface area contributed by atoms with Crippen molar-refractivity contribution in [2.75, 3.05) is 14.2 Å². The summed E-state index contributed by atoms with van der Waals surface area (Å²) in [4.78, 5) is 11.2. The molecule has 1 aromatic rings. The van der Waals surface area contributed by atoms with Crippen LogP contribution in [0.15, 0.2) is 29.8 Å². The monoisotopic (exact) mass is 219 g/mol. The van der Waals surface area contributed by atoms with Gasteiger partial charge in [-0.3, -0.25) is 0 Å². The van der Waals surface area contributed by atoms with Crippen LogP contribution in [0.3, 0.4) is 0 Å². The van der Waals surface area contributed by atoms with Crippen LogP contribution in [0.1, 0.15) is 5.56 Å². The number of esters is 1. The standard InChI is InChI=1S/C12H13NO3/c1-15-11-5-3-9(4-6-11)7-10(8-13)12(14)16-2/h3-8,13H,1-2H3/b10-7-,13-8?. The van der Waals surface area contributed by atoms with Crippen LogP contribution in [-0.2, 0) is 9.53 Å². The molecule has 0 fully saturated rings. The van der Waals surface area contributed by atoms with Crippen LogP contribution >= 0.6 is 0 Å². The van der Waals surface area contributed by atoms with E-state index in [-0.39, 0.29) is 5.57 Å². The van der Waals surface area contributed by atoms with Gasteiger partial charge < -0.3 is 14.9 Å². The zero-order valence-electron chi connectivity index (χ0n) is 9.19. The largest absolute Gasteiger partial charge is 0.497 e. The second-order valence-corrected chi connectivity index (χ2v) is 3.01. The maximum atomic E-state index is 11.2. The summed E-state index contributed by atoms with van der Waals surface area (Å²) in [5, 5.41) is 7.10. The van der Waals surface area contributed by atoms with Crippen molar-refractivity contribution in [3.05, 3.63) is 35.4 Å². The van der Waals surface area contributed by atoms with Gasteiger partial charge >= 0.3 is 5.97 Å². The number of hydrogen-bond acceptors (Lipinski definition) is 4. The van der Waals surface area contributed by atoms with E-state index in [1.54, 1.807) is 37.5 Å². The number of methoxy groups -OCH3 is 2. The minimum absolute atomic E-state index is 0.202. The Hall–Kier alpha value is -2.10. The number of rotatable bonds is 4. The van der Waals surface area contributed by atoms with Crippen molar-refractivity contribution in [2.45, 2.75) is 0 Å². The molecule has 1 rings (SSSR count). The Bertz CT molecular complexity index is 407. The van der Waals surface area contributed by atoms with Crippen LogP contribution in [0.25, 0.3) is 6.08 Å². The zero-order valence-corrected chi connectivity index (χ0v) is 9.19. The maximum Gasteiger partial charge on any atom is 0.339 e. The molecule has 0 aromatic heterocycles. The molecule has 0 heterocycles. The molecule has 0 atom stereocenters. The Morgan fingerprint density at radius 3 is 2.31 bits per heavy atom. The number of hydrogen-bond donors (Lipinski definition) is 1. The van der Waals surface area contributed by atoms with E-state index in [9.17, 15) is 4.79 Å². The first-order chi connectivity index (χ1) is 7.71. The van der Waals surface area contributed by atoms with Crippen LogP contribution in [0, 0.1) is 5.41 Å². The third kappa shape index (κ3) is 2.95. The topological polar surface area (TPSA) is 59.4 Å². The summed E-state index contributed by atoms with van der Waals surface area (Å²) in [6, 6.07) is 7.16. The molecule has 0 aliphatic rings. The summed E-state index contributed by atoms with van der Waals surface area (Å²) in [5.74, 6) is 0.220. The highest BCUT2D eigenvalue weighted by Crippen LogP contribution is 2.13. The summed E-state index contributed by atoms with van der Waals surface area (Å²) in [7, 11) is 2.87. The fraction of sp³-hybridized carbons (Fsp3) is 0.167. The first-order valence-electron chi connectivity index (χ1n) is 4.65. The van der Waals surface area contributed by atoms with Crippen molar-refractivity contribution in [1.29, 1.82) is 5.41 Å². The minimum atomic E-state index is -0.522. The third-order valence-electron chi connectivity index (χ3n) is 2.01. The normalized spacial score (nSPS) is 10.8. The Balaban J connectivity index is 2.95. The van der Waals surface area contributed by atoms with Crippen molar-refractivity contribution in [1.82, 2.24) is 0 Å². The molecule has 0 spiro atoms. The first-order valence-corrected chi connectivity index (χ1v) is 4.65. The van der Waals surface area contributed by atoms with Gasteiger partial charge in [0.25, 0.3) is 0 Å². The molecule has 1 N–H and O–H groups in total. The highest BCUT2D eigenvalue weighted by Gasteiger charge is 2.05. The highest BCUT2D eigenvalue weighted by molar-refractivity contribution is 6.12. The zero-order chi connectivity index (χ0) is 12.0. The van der Waals surface area contributed by atoms with Crippen LogP contribution in [-0.4, -0.2) is 26.4 Å². The van der Waals surface area contributed by atoms with Crippen LogP contribution < -0.4 is 4.74 Å². The average Bonchev–Trinajstić information content (AvgIpc) is 2.35. The summed E-state index contributed by atoms with van der Waals surface area (Å²) >= 11 is 0. The van der Waals surface area contributed by atoms with Gasteiger partial charge in [0.1, 0.15) is 5.75 Å². The summed E-state index contributed by atoms with van der Waals surface area (Å²) in [6.07, 6.45) is 2.55. The minimum Gasteiger partial charge on any atom is -0.497 e. The Kier molecular flexibility index (Phi) is 4.27. The second kappa shape index (κ2) is 5.70. The molecule has 1 aromatic carbocycles. The number of nitrogens with one attached hydrogen (secondary N) is 1. The lowest BCUT2D eigenvalue weighted by Crippen LogP contribution is -2.05. The van der Waals surface area contributed by atoms with Crippen LogP contribution in [0.4, 0.5) is 0 Å². The van der Waals surface area contributed by atoms with Crippen molar-refractivity contribution in [3.63, 3.8) is 0 Å². The van der Waals surface area contributed by atoms with Crippen LogP contribution in [0.5, 0.6) is 5.75 Å². The van der Waals surface area contributed by atoms with Crippen molar-refractivity contribution in [3.8, 4) is 5.75 Å². The van der Waals surface area contributed by atoms with E-state index >= 15 is 0 Å². The molecule has 0 amide bonds. The molecule has 0 unspecified atom stereocenters. The molecule has 0 bridgehead atoms. The third-order valence-corrected chi connectivity index (χ3v) is 2.01. The smallest absolute Gasteiger partial charge is 0.339 e. The van der Waals surface area contributed by atoms with E-state index in [2.05, 4.69) is 4.74 Å². The van der Waals surface area contributed by atoms with E-state index in [1.165, 1.54) is 7.11 Å². The van der Waals surface area contributed by atoms with E-state index in [0.717, 1.165) is 17.5 Å². The predicted octanol–water partition coefficient (Wildman–Crippen LogP) is 1.90. The van der Waals surface area contributed by atoms with E-state index in [1.807, 2.05) is 0 Å². The number of ether oxygens (including phenoxy) is 2. The number of benzene rings is 1. The predicted molar refractivity (Wildman–Crippen MR) is 61.8 cm³/mol. The SMILES string of the molecule is COC(=O)/C(C=N)=C\c1ccc(OC)cc1. The number of carbonyl (C=O) groups is 1. The van der Waals surface area contributed by atoms with Gasteiger partial charge in [-0.1, -0.05) is 12.1 Å². The Labute approximate surface area is 94.0 Å². The van der Waals surface area contributed by atoms with Gasteiger partial charge in [0.2, 0.25) is 0 Å². The molecule has 16 heavy (non-hydrogen) atoms. The van der Waals surface area contributed by atoms with Gasteiger partial charge in [-0.2, -0.15) is 0 Å². The van der Waals surface area contributed by atoms with Gasteiger partial charge in [0.15, 0.2) is 0 Å². The molecule has 4 heteroatoms. The highest BCUT2D eigenvalue weighted by atomic mass is 16.5. The fourth-order valence-electron chi connectivity index (χ4n) is 1.16. The lowest BCUT2D eigenvalue weighted by Gasteiger charge is -2.01. The number of carbonyl (C=O) groups excluding carboxylic acids is 1. The molecular formula is C12H13NO3. The Morgan fingerprint density at radius 1 is 1.25 bits per heavy atom. The molecular weight excluding hydrogens is 206 g/mol. The van der Waals surface area contributed by atoms with Gasteiger partial charge in [-0.05, 0) is 23.8 Å². The molecule has 0 radical (unpaired) electrons. The Morgan fingerprint density at radius 2 is 1.88 bits per heavy atom. The molecule has 0 aliphatic carbocycles. The molecule has 4 nitrogen and oxygen atoms in total. The van der Waals surface area contributed by atoms with Crippen molar-refractivity contribution < 1.29 is 14.3 Å². The summed E-state index contributed by atoms with van der Waals surface area (Å²) in [5.41, 5.74) is 1.01. The van der Waals surface area contributed by atoms with Gasteiger partial charge in [0.05, 0.1) is 19.8 Å². The van der Waals surface area contributed by atoms with Gasteiger partial charge in [-0.15, -0.1) is 0 Å². The van der Waals surface area contributed by atoms with Gasteiger partial charge in [-0.25, -0.2) is 4.79 Å². The molecule has 0 saturated carbocycles. The quantitative estimate of drug-likeness (QED) is 0.478. The van der Waals surface area contributed by atoms with E-state index in [0.29, 0.717) is 0 Å². The average molecular weight is 219 g/mol. The fourth-order valence-corrected chi connectivity index (χ4v) is 1.16. The van der Waals surface area contributed by atoms with Crippen molar-refractivity contribution >= 4 is 18.3 Å². The lowest BCUT2D eigenvalue weighted by atomic mass is 10.1. The summed E-state index contributed by atoms with van der Waals surface area (Å²) in [6.45, 7) is 0. The first kappa shape index (κ1) is 12.0. The van der Waals surface area contributed by atoms with E-state index < -0.39 is 5.97 Å². The van der Waals surface area contributed by atoms with Gasteiger partial charge in [0, 0.05) is 6.21 Å². The molecule has 84 valence electrons. The molecule has 0 aliphatic heterocycles. The second-order valence-electron chi connectivity index (χ2n) is 3.01. The molecule has 0 saturated heterocycles. The van der Waals surface area contributed by atoms with Crippen LogP contribution in [0.2, 0.25) is 0 Å². The lowest BCUT2D eigenvalue weighted by molar-refractivity contribution is -0.135. The van der Waals surface area contributed by atoms with Crippen molar-refractivity contribution in [2.24, 2.45) is 0 Å². The maximum absolute atomic E-state index is 11.2.